The number of nitrogens with two attached hydrogens (primary N) is 1. The van der Waals surface area contributed by atoms with Crippen LogP contribution < -0.4 is 10.6 Å². The van der Waals surface area contributed by atoms with E-state index in [2.05, 4.69) is 54.8 Å². The maximum Gasteiger partial charge on any atom is 0.0400 e. The third kappa shape index (κ3) is 4.72. The van der Waals surface area contributed by atoms with Crippen molar-refractivity contribution in [3.05, 3.63) is 29.8 Å². The van der Waals surface area contributed by atoms with Gasteiger partial charge in [-0.1, -0.05) is 39.0 Å². The van der Waals surface area contributed by atoms with Gasteiger partial charge in [-0.15, -0.1) is 0 Å². The molecule has 1 fully saturated rings. The Balaban J connectivity index is 1.99. The fourth-order valence-corrected chi connectivity index (χ4v) is 3.11. The van der Waals surface area contributed by atoms with Gasteiger partial charge in [0.25, 0.3) is 0 Å². The van der Waals surface area contributed by atoms with E-state index in [9.17, 15) is 0 Å². The lowest BCUT2D eigenvalue weighted by molar-refractivity contribution is 0.231. The molecule has 0 bridgehead atoms. The van der Waals surface area contributed by atoms with Gasteiger partial charge in [-0.05, 0) is 30.4 Å². The van der Waals surface area contributed by atoms with Crippen LogP contribution in [0.4, 0.5) is 5.69 Å². The standard InChI is InChI=1S/C18H31N3/c1-4-17(19)13-16-7-5-6-8-18(16)21-11-9-20(10-12-21)14-15(2)3/h5-8,15,17H,4,9-14,19H2,1-3H3. The average Bonchev–Trinajstić information content (AvgIpc) is 2.48. The van der Waals surface area contributed by atoms with Crippen LogP contribution in [0.1, 0.15) is 32.8 Å². The molecule has 1 unspecified atom stereocenters. The highest BCUT2D eigenvalue weighted by molar-refractivity contribution is 5.54. The molecule has 1 aromatic carbocycles. The monoisotopic (exact) mass is 289 g/mol. The van der Waals surface area contributed by atoms with Crippen molar-refractivity contribution in [2.75, 3.05) is 37.6 Å². The molecule has 1 heterocycles. The van der Waals surface area contributed by atoms with Crippen LogP contribution in [0.2, 0.25) is 0 Å². The molecule has 2 N–H and O–H groups in total. The summed E-state index contributed by atoms with van der Waals surface area (Å²) in [4.78, 5) is 5.12. The molecular formula is C18H31N3. The SMILES string of the molecule is CCC(N)Cc1ccccc1N1CCN(CC(C)C)CC1. The minimum atomic E-state index is 0.272. The van der Waals surface area contributed by atoms with E-state index >= 15 is 0 Å². The summed E-state index contributed by atoms with van der Waals surface area (Å²) in [5.41, 5.74) is 8.95. The largest absolute Gasteiger partial charge is 0.369 e. The van der Waals surface area contributed by atoms with E-state index in [4.69, 9.17) is 5.73 Å². The van der Waals surface area contributed by atoms with E-state index in [0.717, 1.165) is 31.8 Å². The van der Waals surface area contributed by atoms with Crippen molar-refractivity contribution in [1.82, 2.24) is 4.90 Å². The van der Waals surface area contributed by atoms with Crippen LogP contribution >= 0.6 is 0 Å². The molecule has 0 aromatic heterocycles. The Morgan fingerprint density at radius 2 is 1.76 bits per heavy atom. The van der Waals surface area contributed by atoms with Gasteiger partial charge in [0, 0.05) is 44.5 Å². The summed E-state index contributed by atoms with van der Waals surface area (Å²) in [7, 11) is 0. The fourth-order valence-electron chi connectivity index (χ4n) is 3.11. The zero-order chi connectivity index (χ0) is 15.2. The van der Waals surface area contributed by atoms with Gasteiger partial charge in [-0.3, -0.25) is 4.90 Å². The number of hydrogen-bond acceptors (Lipinski definition) is 3. The third-order valence-electron chi connectivity index (χ3n) is 4.33. The van der Waals surface area contributed by atoms with Crippen molar-refractivity contribution in [3.63, 3.8) is 0 Å². The van der Waals surface area contributed by atoms with Crippen molar-refractivity contribution in [2.24, 2.45) is 11.7 Å². The van der Waals surface area contributed by atoms with E-state index < -0.39 is 0 Å². The first-order valence-electron chi connectivity index (χ1n) is 8.41. The van der Waals surface area contributed by atoms with Gasteiger partial charge >= 0.3 is 0 Å². The summed E-state index contributed by atoms with van der Waals surface area (Å²) in [6.07, 6.45) is 2.02. The van der Waals surface area contributed by atoms with Crippen molar-refractivity contribution in [1.29, 1.82) is 0 Å². The lowest BCUT2D eigenvalue weighted by Gasteiger charge is -2.37. The van der Waals surface area contributed by atoms with E-state index in [0.29, 0.717) is 0 Å². The number of anilines is 1. The molecule has 21 heavy (non-hydrogen) atoms. The van der Waals surface area contributed by atoms with Crippen LogP contribution in [0.15, 0.2) is 24.3 Å². The van der Waals surface area contributed by atoms with Crippen molar-refractivity contribution in [3.8, 4) is 0 Å². The number of nitrogens with zero attached hydrogens (tertiary/aromatic N) is 2. The van der Waals surface area contributed by atoms with Gasteiger partial charge < -0.3 is 10.6 Å². The summed E-state index contributed by atoms with van der Waals surface area (Å²) in [5, 5.41) is 0. The van der Waals surface area contributed by atoms with Crippen LogP contribution in [-0.2, 0) is 6.42 Å². The molecule has 0 spiro atoms. The molecule has 118 valence electrons. The number of piperazine rings is 1. The number of para-hydroxylation sites is 1. The Morgan fingerprint density at radius 1 is 1.10 bits per heavy atom. The molecule has 0 aliphatic carbocycles. The molecule has 1 atom stereocenters. The topological polar surface area (TPSA) is 32.5 Å². The van der Waals surface area contributed by atoms with Gasteiger partial charge in [0.2, 0.25) is 0 Å². The number of hydrogen-bond donors (Lipinski definition) is 1. The van der Waals surface area contributed by atoms with Crippen LogP contribution in [0.3, 0.4) is 0 Å². The first-order chi connectivity index (χ1) is 10.1. The molecule has 0 amide bonds. The molecule has 1 aromatic rings. The van der Waals surface area contributed by atoms with Gasteiger partial charge in [-0.2, -0.15) is 0 Å². The van der Waals surface area contributed by atoms with Gasteiger partial charge in [0.05, 0.1) is 0 Å². The number of benzene rings is 1. The Hall–Kier alpha value is -1.06. The Bertz CT molecular complexity index is 422. The normalized spacial score (nSPS) is 18.2. The lowest BCUT2D eigenvalue weighted by atomic mass is 10.0. The minimum absolute atomic E-state index is 0.272. The second kappa shape index (κ2) is 7.81. The summed E-state index contributed by atoms with van der Waals surface area (Å²) < 4.78 is 0. The van der Waals surface area contributed by atoms with Gasteiger partial charge in [0.1, 0.15) is 0 Å². The Labute approximate surface area is 130 Å². The highest BCUT2D eigenvalue weighted by atomic mass is 15.3. The smallest absolute Gasteiger partial charge is 0.0400 e. The van der Waals surface area contributed by atoms with Crippen molar-refractivity contribution in [2.45, 2.75) is 39.7 Å². The third-order valence-corrected chi connectivity index (χ3v) is 4.33. The van der Waals surface area contributed by atoms with Crippen LogP contribution in [0.25, 0.3) is 0 Å². The van der Waals surface area contributed by atoms with Gasteiger partial charge in [0.15, 0.2) is 0 Å². The molecule has 1 aliphatic heterocycles. The molecule has 0 radical (unpaired) electrons. The van der Waals surface area contributed by atoms with Gasteiger partial charge in [-0.25, -0.2) is 0 Å². The van der Waals surface area contributed by atoms with E-state index in [1.807, 2.05) is 0 Å². The predicted octanol–water partition coefficient (Wildman–Crippen LogP) is 2.74. The molecular weight excluding hydrogens is 258 g/mol. The Morgan fingerprint density at radius 3 is 2.38 bits per heavy atom. The Kier molecular flexibility index (Phi) is 6.07. The molecule has 2 rings (SSSR count). The second-order valence-corrected chi connectivity index (χ2v) is 6.68. The van der Waals surface area contributed by atoms with Crippen LogP contribution in [-0.4, -0.2) is 43.7 Å². The molecule has 3 nitrogen and oxygen atoms in total. The van der Waals surface area contributed by atoms with Crippen LogP contribution in [0, 0.1) is 5.92 Å². The first kappa shape index (κ1) is 16.3. The average molecular weight is 289 g/mol. The molecule has 1 saturated heterocycles. The summed E-state index contributed by atoms with van der Waals surface area (Å²) in [5.74, 6) is 0.756. The second-order valence-electron chi connectivity index (χ2n) is 6.68. The minimum Gasteiger partial charge on any atom is -0.369 e. The first-order valence-corrected chi connectivity index (χ1v) is 8.41. The molecule has 0 saturated carbocycles. The zero-order valence-electron chi connectivity index (χ0n) is 13.9. The maximum absolute atomic E-state index is 6.15. The summed E-state index contributed by atoms with van der Waals surface area (Å²) in [6.45, 7) is 12.6. The highest BCUT2D eigenvalue weighted by Crippen LogP contribution is 2.23. The quantitative estimate of drug-likeness (QED) is 0.874. The fraction of sp³-hybridized carbons (Fsp3) is 0.667. The summed E-state index contributed by atoms with van der Waals surface area (Å²) in [6, 6.07) is 9.06. The molecule has 3 heteroatoms. The predicted molar refractivity (Wildman–Crippen MR) is 91.9 cm³/mol. The zero-order valence-corrected chi connectivity index (χ0v) is 13.9. The maximum atomic E-state index is 6.15. The summed E-state index contributed by atoms with van der Waals surface area (Å²) >= 11 is 0. The van der Waals surface area contributed by atoms with E-state index in [1.165, 1.54) is 30.9 Å². The number of rotatable bonds is 6. The van der Waals surface area contributed by atoms with Crippen LogP contribution in [0.5, 0.6) is 0 Å². The van der Waals surface area contributed by atoms with E-state index in [-0.39, 0.29) is 6.04 Å². The van der Waals surface area contributed by atoms with Crippen molar-refractivity contribution < 1.29 is 0 Å². The van der Waals surface area contributed by atoms with Crippen molar-refractivity contribution >= 4 is 5.69 Å². The van der Waals surface area contributed by atoms with E-state index in [1.54, 1.807) is 0 Å². The lowest BCUT2D eigenvalue weighted by Crippen LogP contribution is -2.47. The highest BCUT2D eigenvalue weighted by Gasteiger charge is 2.19. The molecule has 1 aliphatic rings.